The third kappa shape index (κ3) is 4.21. The highest BCUT2D eigenvalue weighted by atomic mass is 32.1. The number of rotatable bonds is 6. The highest BCUT2D eigenvalue weighted by Crippen LogP contribution is 2.23. The highest BCUT2D eigenvalue weighted by Gasteiger charge is 2.15. The van der Waals surface area contributed by atoms with Gasteiger partial charge in [-0.15, -0.1) is 11.3 Å². The molecular weight excluding hydrogens is 348 g/mol. The monoisotopic (exact) mass is 363 g/mol. The summed E-state index contributed by atoms with van der Waals surface area (Å²) in [7, 11) is 0. The summed E-state index contributed by atoms with van der Waals surface area (Å²) in [6.07, 6.45) is 0. The van der Waals surface area contributed by atoms with E-state index in [9.17, 15) is 13.6 Å². The van der Waals surface area contributed by atoms with Crippen LogP contribution in [0.3, 0.4) is 0 Å². The van der Waals surface area contributed by atoms with E-state index in [2.05, 4.69) is 15.5 Å². The third-order valence-corrected chi connectivity index (χ3v) is 4.26. The molecule has 3 rings (SSSR count). The van der Waals surface area contributed by atoms with Crippen molar-refractivity contribution in [2.75, 3.05) is 6.61 Å². The zero-order valence-corrected chi connectivity index (χ0v) is 14.1. The van der Waals surface area contributed by atoms with Crippen molar-refractivity contribution in [2.24, 2.45) is 0 Å². The minimum Gasteiger partial charge on any atom is -0.488 e. The van der Waals surface area contributed by atoms with E-state index >= 15 is 0 Å². The van der Waals surface area contributed by atoms with E-state index < -0.39 is 11.6 Å². The molecule has 0 fully saturated rings. The van der Waals surface area contributed by atoms with E-state index in [1.165, 1.54) is 17.4 Å². The summed E-state index contributed by atoms with van der Waals surface area (Å²) in [4.78, 5) is 13.2. The third-order valence-electron chi connectivity index (χ3n) is 3.36. The molecule has 0 saturated carbocycles. The van der Waals surface area contributed by atoms with E-state index in [-0.39, 0.29) is 30.0 Å². The number of halogens is 2. The molecule has 25 heavy (non-hydrogen) atoms. The molecule has 2 heterocycles. The number of hydrogen-bond donors (Lipinski definition) is 2. The summed E-state index contributed by atoms with van der Waals surface area (Å²) >= 11 is 1.54. The summed E-state index contributed by atoms with van der Waals surface area (Å²) in [5, 5.41) is 11.5. The van der Waals surface area contributed by atoms with Gasteiger partial charge in [-0.1, -0.05) is 6.07 Å². The first kappa shape index (κ1) is 17.1. The molecule has 0 aliphatic heterocycles. The summed E-state index contributed by atoms with van der Waals surface area (Å²) in [5.41, 5.74) is 1.01. The Morgan fingerprint density at radius 1 is 1.36 bits per heavy atom. The van der Waals surface area contributed by atoms with Crippen LogP contribution < -0.4 is 10.1 Å². The SMILES string of the molecule is CC(COc1ccc(F)cc1F)NC(=O)c1cc(-c2cccs2)[nH]n1. The lowest BCUT2D eigenvalue weighted by Crippen LogP contribution is -2.37. The van der Waals surface area contributed by atoms with Gasteiger partial charge in [-0.25, -0.2) is 8.78 Å². The molecule has 1 aromatic carbocycles. The molecule has 130 valence electrons. The van der Waals surface area contributed by atoms with Gasteiger partial charge < -0.3 is 10.1 Å². The predicted octanol–water partition coefficient (Wildman–Crippen LogP) is 3.61. The number of aromatic amines is 1. The first-order chi connectivity index (χ1) is 12.0. The molecule has 0 bridgehead atoms. The second kappa shape index (κ2) is 7.43. The van der Waals surface area contributed by atoms with Crippen molar-refractivity contribution in [3.05, 3.63) is 59.1 Å². The Bertz CT molecular complexity index is 865. The Balaban J connectivity index is 1.55. The number of carbonyl (C=O) groups is 1. The van der Waals surface area contributed by atoms with Crippen molar-refractivity contribution in [1.82, 2.24) is 15.5 Å². The van der Waals surface area contributed by atoms with Crippen LogP contribution in [0.15, 0.2) is 41.8 Å². The number of H-pyrrole nitrogens is 1. The van der Waals surface area contributed by atoms with Gasteiger partial charge in [0, 0.05) is 6.07 Å². The summed E-state index contributed by atoms with van der Waals surface area (Å²) in [6.45, 7) is 1.75. The second-order valence-corrected chi connectivity index (χ2v) is 6.35. The Morgan fingerprint density at radius 2 is 2.20 bits per heavy atom. The number of aromatic nitrogens is 2. The number of nitrogens with one attached hydrogen (secondary N) is 2. The fourth-order valence-corrected chi connectivity index (χ4v) is 2.83. The van der Waals surface area contributed by atoms with Gasteiger partial charge in [0.1, 0.15) is 12.4 Å². The average molecular weight is 363 g/mol. The molecular formula is C17H15F2N3O2S. The topological polar surface area (TPSA) is 67.0 Å². The summed E-state index contributed by atoms with van der Waals surface area (Å²) < 4.78 is 31.6. The number of nitrogens with zero attached hydrogens (tertiary/aromatic N) is 1. The van der Waals surface area contributed by atoms with Crippen LogP contribution in [0.1, 0.15) is 17.4 Å². The lowest BCUT2D eigenvalue weighted by Gasteiger charge is -2.14. The molecule has 0 aliphatic carbocycles. The minimum atomic E-state index is -0.786. The number of carbonyl (C=O) groups excluding carboxylic acids is 1. The van der Waals surface area contributed by atoms with Crippen molar-refractivity contribution in [3.8, 4) is 16.3 Å². The number of amides is 1. The van der Waals surface area contributed by atoms with E-state index in [4.69, 9.17) is 4.74 Å². The molecule has 8 heteroatoms. The Hall–Kier alpha value is -2.74. The predicted molar refractivity (Wildman–Crippen MR) is 90.7 cm³/mol. The van der Waals surface area contributed by atoms with Crippen LogP contribution in [0, 0.1) is 11.6 Å². The first-order valence-corrected chi connectivity index (χ1v) is 8.39. The van der Waals surface area contributed by atoms with Crippen molar-refractivity contribution in [1.29, 1.82) is 0 Å². The normalized spacial score (nSPS) is 12.0. The lowest BCUT2D eigenvalue weighted by molar-refractivity contribution is 0.0921. The smallest absolute Gasteiger partial charge is 0.272 e. The largest absolute Gasteiger partial charge is 0.488 e. The molecule has 0 saturated heterocycles. The van der Waals surface area contributed by atoms with Crippen molar-refractivity contribution >= 4 is 17.2 Å². The Morgan fingerprint density at radius 3 is 2.92 bits per heavy atom. The van der Waals surface area contributed by atoms with Gasteiger partial charge in [0.15, 0.2) is 17.3 Å². The van der Waals surface area contributed by atoms with Crippen molar-refractivity contribution in [2.45, 2.75) is 13.0 Å². The number of thiophene rings is 1. The van der Waals surface area contributed by atoms with Crippen LogP contribution in [0.4, 0.5) is 8.78 Å². The van der Waals surface area contributed by atoms with Gasteiger partial charge in [0.05, 0.1) is 16.6 Å². The zero-order valence-electron chi connectivity index (χ0n) is 13.3. The summed E-state index contributed by atoms with van der Waals surface area (Å²) in [5.74, 6) is -1.89. The van der Waals surface area contributed by atoms with E-state index in [0.717, 1.165) is 22.7 Å². The molecule has 0 radical (unpaired) electrons. The van der Waals surface area contributed by atoms with Gasteiger partial charge in [-0.2, -0.15) is 5.10 Å². The minimum absolute atomic E-state index is 0.0382. The Kier molecular flexibility index (Phi) is 5.08. The van der Waals surface area contributed by atoms with Crippen LogP contribution in [0.25, 0.3) is 10.6 Å². The van der Waals surface area contributed by atoms with Gasteiger partial charge in [0.2, 0.25) is 0 Å². The van der Waals surface area contributed by atoms with Crippen molar-refractivity contribution in [3.63, 3.8) is 0 Å². The summed E-state index contributed by atoms with van der Waals surface area (Å²) in [6, 6.07) is 8.17. The van der Waals surface area contributed by atoms with E-state index in [1.807, 2.05) is 17.5 Å². The van der Waals surface area contributed by atoms with Gasteiger partial charge in [0.25, 0.3) is 5.91 Å². The zero-order chi connectivity index (χ0) is 17.8. The molecule has 3 aromatic rings. The number of hydrogen-bond acceptors (Lipinski definition) is 4. The number of ether oxygens (including phenoxy) is 1. The number of benzene rings is 1. The van der Waals surface area contributed by atoms with E-state index in [0.29, 0.717) is 0 Å². The molecule has 1 unspecified atom stereocenters. The Labute approximate surface area is 146 Å². The van der Waals surface area contributed by atoms with Gasteiger partial charge in [-0.3, -0.25) is 9.89 Å². The fraction of sp³-hybridized carbons (Fsp3) is 0.176. The molecule has 2 N–H and O–H groups in total. The van der Waals surface area contributed by atoms with Gasteiger partial charge >= 0.3 is 0 Å². The van der Waals surface area contributed by atoms with Crippen LogP contribution in [-0.2, 0) is 0 Å². The fourth-order valence-electron chi connectivity index (χ4n) is 2.14. The van der Waals surface area contributed by atoms with Crippen LogP contribution >= 0.6 is 11.3 Å². The second-order valence-electron chi connectivity index (χ2n) is 5.40. The molecule has 1 atom stereocenters. The quantitative estimate of drug-likeness (QED) is 0.703. The van der Waals surface area contributed by atoms with E-state index in [1.54, 1.807) is 13.0 Å². The molecule has 5 nitrogen and oxygen atoms in total. The first-order valence-electron chi connectivity index (χ1n) is 7.51. The van der Waals surface area contributed by atoms with Crippen molar-refractivity contribution < 1.29 is 18.3 Å². The maximum absolute atomic E-state index is 13.5. The lowest BCUT2D eigenvalue weighted by atomic mass is 10.3. The van der Waals surface area contributed by atoms with Crippen LogP contribution in [0.5, 0.6) is 5.75 Å². The van der Waals surface area contributed by atoms with Crippen LogP contribution in [-0.4, -0.2) is 28.8 Å². The van der Waals surface area contributed by atoms with Gasteiger partial charge in [-0.05, 0) is 36.6 Å². The highest BCUT2D eigenvalue weighted by molar-refractivity contribution is 7.13. The molecule has 0 aliphatic rings. The average Bonchev–Trinajstić information content (AvgIpc) is 3.25. The molecule has 2 aromatic heterocycles. The van der Waals surface area contributed by atoms with Crippen LogP contribution in [0.2, 0.25) is 0 Å². The molecule has 1 amide bonds. The maximum Gasteiger partial charge on any atom is 0.272 e. The molecule has 0 spiro atoms. The maximum atomic E-state index is 13.5. The standard InChI is InChI=1S/C17H15F2N3O2S/c1-10(9-24-15-5-4-11(18)7-12(15)19)20-17(23)14-8-13(21-22-14)16-3-2-6-25-16/h2-8,10H,9H2,1H3,(H,20,23)(H,21,22).